The van der Waals surface area contributed by atoms with E-state index in [-0.39, 0.29) is 6.04 Å². The zero-order valence-electron chi connectivity index (χ0n) is 11.2. The summed E-state index contributed by atoms with van der Waals surface area (Å²) in [6.45, 7) is 6.26. The van der Waals surface area contributed by atoms with E-state index in [9.17, 15) is 4.79 Å². The van der Waals surface area contributed by atoms with Gasteiger partial charge in [-0.1, -0.05) is 13.3 Å². The number of carbonyl (C=O) groups excluding carboxylic acids is 1. The van der Waals surface area contributed by atoms with Gasteiger partial charge < -0.3 is 15.8 Å². The molecule has 3 N–H and O–H groups in total. The SMILES string of the molecule is CCCC(C)Nc1ncc(N)cc1C(=O)OCC. The lowest BCUT2D eigenvalue weighted by molar-refractivity contribution is 0.0527. The smallest absolute Gasteiger partial charge is 0.341 e. The number of nitrogen functional groups attached to an aromatic ring is 1. The number of aromatic nitrogens is 1. The van der Waals surface area contributed by atoms with Crippen LogP contribution in [0.2, 0.25) is 0 Å². The van der Waals surface area contributed by atoms with Gasteiger partial charge in [0.05, 0.1) is 18.5 Å². The van der Waals surface area contributed by atoms with Gasteiger partial charge in [-0.2, -0.15) is 0 Å². The number of carbonyl (C=O) groups is 1. The number of esters is 1. The molecule has 100 valence electrons. The number of hydrogen-bond donors (Lipinski definition) is 2. The lowest BCUT2D eigenvalue weighted by Crippen LogP contribution is -2.19. The Bertz CT molecular complexity index is 407. The van der Waals surface area contributed by atoms with Crippen molar-refractivity contribution < 1.29 is 9.53 Å². The number of nitrogens with one attached hydrogen (secondary N) is 1. The molecule has 1 heterocycles. The third-order valence-electron chi connectivity index (χ3n) is 2.51. The van der Waals surface area contributed by atoms with E-state index in [1.807, 2.05) is 0 Å². The van der Waals surface area contributed by atoms with E-state index < -0.39 is 5.97 Å². The second kappa shape index (κ2) is 6.83. The average Bonchev–Trinajstić information content (AvgIpc) is 2.32. The van der Waals surface area contributed by atoms with Crippen LogP contribution in [0.25, 0.3) is 0 Å². The monoisotopic (exact) mass is 251 g/mol. The summed E-state index contributed by atoms with van der Waals surface area (Å²) in [5.74, 6) is 0.132. The first-order valence-electron chi connectivity index (χ1n) is 6.27. The maximum atomic E-state index is 11.8. The molecule has 1 atom stereocenters. The first kappa shape index (κ1) is 14.3. The summed E-state index contributed by atoms with van der Waals surface area (Å²) in [4.78, 5) is 16.0. The van der Waals surface area contributed by atoms with Crippen molar-refractivity contribution in [2.45, 2.75) is 39.7 Å². The van der Waals surface area contributed by atoms with E-state index >= 15 is 0 Å². The molecule has 0 radical (unpaired) electrons. The number of hydrogen-bond acceptors (Lipinski definition) is 5. The molecule has 0 aliphatic rings. The number of rotatable bonds is 6. The molecule has 1 rings (SSSR count). The highest BCUT2D eigenvalue weighted by Crippen LogP contribution is 2.18. The normalized spacial score (nSPS) is 11.9. The van der Waals surface area contributed by atoms with Crippen molar-refractivity contribution in [3.63, 3.8) is 0 Å². The van der Waals surface area contributed by atoms with Gasteiger partial charge in [-0.25, -0.2) is 9.78 Å². The summed E-state index contributed by atoms with van der Waals surface area (Å²) in [5, 5.41) is 3.21. The van der Waals surface area contributed by atoms with E-state index in [1.165, 1.54) is 6.20 Å². The van der Waals surface area contributed by atoms with Gasteiger partial charge in [0.2, 0.25) is 0 Å². The van der Waals surface area contributed by atoms with Crippen molar-refractivity contribution in [2.75, 3.05) is 17.7 Å². The van der Waals surface area contributed by atoms with Gasteiger partial charge in [0.1, 0.15) is 11.4 Å². The van der Waals surface area contributed by atoms with E-state index in [0.29, 0.717) is 23.7 Å². The van der Waals surface area contributed by atoms with Gasteiger partial charge in [-0.3, -0.25) is 0 Å². The summed E-state index contributed by atoms with van der Waals surface area (Å²) in [6, 6.07) is 1.84. The van der Waals surface area contributed by atoms with Crippen LogP contribution < -0.4 is 11.1 Å². The molecule has 0 amide bonds. The van der Waals surface area contributed by atoms with E-state index in [0.717, 1.165) is 12.8 Å². The van der Waals surface area contributed by atoms with Crippen molar-refractivity contribution in [2.24, 2.45) is 0 Å². The Hall–Kier alpha value is -1.78. The summed E-state index contributed by atoms with van der Waals surface area (Å²) in [5.41, 5.74) is 6.49. The highest BCUT2D eigenvalue weighted by molar-refractivity contribution is 5.95. The van der Waals surface area contributed by atoms with E-state index in [2.05, 4.69) is 24.1 Å². The zero-order chi connectivity index (χ0) is 13.5. The number of nitrogens with two attached hydrogens (primary N) is 1. The molecule has 1 aromatic heterocycles. The van der Waals surface area contributed by atoms with Gasteiger partial charge in [0.25, 0.3) is 0 Å². The van der Waals surface area contributed by atoms with Gasteiger partial charge in [0, 0.05) is 6.04 Å². The molecular formula is C13H21N3O2. The molecule has 0 aromatic carbocycles. The Labute approximate surface area is 108 Å². The van der Waals surface area contributed by atoms with Crippen molar-refractivity contribution in [1.82, 2.24) is 4.98 Å². The van der Waals surface area contributed by atoms with Crippen molar-refractivity contribution in [3.05, 3.63) is 17.8 Å². The van der Waals surface area contributed by atoms with Crippen molar-refractivity contribution >= 4 is 17.5 Å². The van der Waals surface area contributed by atoms with Crippen LogP contribution in [0, 0.1) is 0 Å². The Morgan fingerprint density at radius 3 is 2.89 bits per heavy atom. The van der Waals surface area contributed by atoms with Crippen LogP contribution in [0.15, 0.2) is 12.3 Å². The fraction of sp³-hybridized carbons (Fsp3) is 0.538. The van der Waals surface area contributed by atoms with Gasteiger partial charge >= 0.3 is 5.97 Å². The van der Waals surface area contributed by atoms with E-state index in [4.69, 9.17) is 10.5 Å². The van der Waals surface area contributed by atoms with Crippen LogP contribution in [0.5, 0.6) is 0 Å². The van der Waals surface area contributed by atoms with Crippen LogP contribution in [-0.2, 0) is 4.74 Å². The third kappa shape index (κ3) is 3.91. The van der Waals surface area contributed by atoms with Gasteiger partial charge in [-0.05, 0) is 26.3 Å². The second-order valence-corrected chi connectivity index (χ2v) is 4.22. The fourth-order valence-corrected chi connectivity index (χ4v) is 1.70. The number of nitrogens with zero attached hydrogens (tertiary/aromatic N) is 1. The van der Waals surface area contributed by atoms with Crippen LogP contribution in [0.3, 0.4) is 0 Å². The van der Waals surface area contributed by atoms with Crippen molar-refractivity contribution in [3.8, 4) is 0 Å². The maximum Gasteiger partial charge on any atom is 0.341 e. The van der Waals surface area contributed by atoms with Crippen LogP contribution >= 0.6 is 0 Å². The van der Waals surface area contributed by atoms with E-state index in [1.54, 1.807) is 13.0 Å². The Kier molecular flexibility index (Phi) is 5.42. The summed E-state index contributed by atoms with van der Waals surface area (Å²) >= 11 is 0. The molecule has 0 fully saturated rings. The minimum Gasteiger partial charge on any atom is -0.462 e. The summed E-state index contributed by atoms with van der Waals surface area (Å²) in [6.07, 6.45) is 3.61. The average molecular weight is 251 g/mol. The molecule has 0 spiro atoms. The van der Waals surface area contributed by atoms with Crippen molar-refractivity contribution in [1.29, 1.82) is 0 Å². The third-order valence-corrected chi connectivity index (χ3v) is 2.51. The predicted octanol–water partition coefficient (Wildman–Crippen LogP) is 2.44. The first-order valence-corrected chi connectivity index (χ1v) is 6.27. The molecule has 0 aliphatic heterocycles. The zero-order valence-corrected chi connectivity index (χ0v) is 11.2. The number of anilines is 2. The molecule has 1 unspecified atom stereocenters. The highest BCUT2D eigenvalue weighted by atomic mass is 16.5. The maximum absolute atomic E-state index is 11.8. The predicted molar refractivity (Wildman–Crippen MR) is 72.6 cm³/mol. The lowest BCUT2D eigenvalue weighted by atomic mass is 10.1. The largest absolute Gasteiger partial charge is 0.462 e. The molecule has 1 aromatic rings. The molecule has 0 aliphatic carbocycles. The number of ether oxygens (including phenoxy) is 1. The second-order valence-electron chi connectivity index (χ2n) is 4.22. The standard InChI is InChI=1S/C13H21N3O2/c1-4-6-9(3)16-12-11(13(17)18-5-2)7-10(14)8-15-12/h7-9H,4-6,14H2,1-3H3,(H,15,16). The Morgan fingerprint density at radius 2 is 2.28 bits per heavy atom. The molecule has 18 heavy (non-hydrogen) atoms. The lowest BCUT2D eigenvalue weighted by Gasteiger charge is -2.16. The molecule has 5 nitrogen and oxygen atoms in total. The molecule has 5 heteroatoms. The van der Waals surface area contributed by atoms with Gasteiger partial charge in [-0.15, -0.1) is 0 Å². The number of pyridine rings is 1. The topological polar surface area (TPSA) is 77.2 Å². The van der Waals surface area contributed by atoms with Crippen LogP contribution in [0.4, 0.5) is 11.5 Å². The Balaban J connectivity index is 2.92. The van der Waals surface area contributed by atoms with Crippen LogP contribution in [0.1, 0.15) is 44.0 Å². The summed E-state index contributed by atoms with van der Waals surface area (Å²) < 4.78 is 4.99. The molecule has 0 saturated heterocycles. The first-order chi connectivity index (χ1) is 8.58. The molecule has 0 bridgehead atoms. The highest BCUT2D eigenvalue weighted by Gasteiger charge is 2.15. The fourth-order valence-electron chi connectivity index (χ4n) is 1.70. The minimum atomic E-state index is -0.400. The summed E-state index contributed by atoms with van der Waals surface area (Å²) in [7, 11) is 0. The minimum absolute atomic E-state index is 0.249. The quantitative estimate of drug-likeness (QED) is 0.759. The molecular weight excluding hydrogens is 230 g/mol. The van der Waals surface area contributed by atoms with Crippen LogP contribution in [-0.4, -0.2) is 23.6 Å². The Morgan fingerprint density at radius 1 is 1.56 bits per heavy atom. The molecule has 0 saturated carbocycles. The van der Waals surface area contributed by atoms with Gasteiger partial charge in [0.15, 0.2) is 0 Å².